The van der Waals surface area contributed by atoms with Crippen LogP contribution in [0, 0.1) is 24.0 Å². The first kappa shape index (κ1) is 19.0. The third-order valence-electron chi connectivity index (χ3n) is 3.55. The molecule has 0 unspecified atom stereocenters. The van der Waals surface area contributed by atoms with Gasteiger partial charge in [-0.1, -0.05) is 30.3 Å². The zero-order chi connectivity index (χ0) is 19.0. The van der Waals surface area contributed by atoms with Gasteiger partial charge in [-0.05, 0) is 36.6 Å². The normalized spacial score (nSPS) is 12.1. The van der Waals surface area contributed by atoms with Gasteiger partial charge in [0.25, 0.3) is 0 Å². The zero-order valence-corrected chi connectivity index (χ0v) is 15.1. The minimum Gasteiger partial charge on any atom is -0.263 e. The molecule has 0 spiro atoms. The highest BCUT2D eigenvalue weighted by Crippen LogP contribution is 2.32. The van der Waals surface area contributed by atoms with Crippen molar-refractivity contribution in [3.8, 4) is 11.1 Å². The molecule has 134 valence electrons. The predicted octanol–water partition coefficient (Wildman–Crippen LogP) is 1.63. The van der Waals surface area contributed by atoms with Crippen LogP contribution in [-0.4, -0.2) is 27.6 Å². The second kappa shape index (κ2) is 6.54. The highest BCUT2D eigenvalue weighted by molar-refractivity contribution is 7.91. The lowest BCUT2D eigenvalue weighted by molar-refractivity contribution is -0.458. The van der Waals surface area contributed by atoms with Crippen LogP contribution in [0.2, 0.25) is 0 Å². The second-order valence-electron chi connectivity index (χ2n) is 5.56. The van der Waals surface area contributed by atoms with Crippen molar-refractivity contribution in [1.82, 2.24) is 0 Å². The van der Waals surface area contributed by atoms with E-state index in [0.717, 1.165) is 0 Å². The number of primary sulfonamides is 1. The van der Waals surface area contributed by atoms with Gasteiger partial charge in [0.1, 0.15) is 0 Å². The van der Waals surface area contributed by atoms with E-state index >= 15 is 0 Å². The average Bonchev–Trinajstić information content (AvgIpc) is 2.43. The van der Waals surface area contributed by atoms with Crippen molar-refractivity contribution in [3.63, 3.8) is 0 Å². The number of benzene rings is 2. The van der Waals surface area contributed by atoms with E-state index in [0.29, 0.717) is 22.3 Å². The van der Waals surface area contributed by atoms with Gasteiger partial charge >= 0.3 is 5.88 Å². The van der Waals surface area contributed by atoms with E-state index in [1.807, 2.05) is 0 Å². The van der Waals surface area contributed by atoms with Crippen molar-refractivity contribution in [2.75, 3.05) is 5.88 Å². The molecule has 2 aromatic carbocycles. The molecule has 0 aliphatic carbocycles. The minimum atomic E-state index is -4.10. The standard InChI is InChI=1S/C15H16N2O6S2/c1-10-7-12(13-5-3-4-6-14(13)25(16,22)23)8-11(2)15(10)24(20,21)9-17(18)19/h3-8H,9H2,1-2H3,(H2,16,22,23). The molecule has 0 aromatic heterocycles. The van der Waals surface area contributed by atoms with Gasteiger partial charge in [-0.25, -0.2) is 22.0 Å². The van der Waals surface area contributed by atoms with Crippen LogP contribution < -0.4 is 5.14 Å². The van der Waals surface area contributed by atoms with Crippen LogP contribution in [0.25, 0.3) is 11.1 Å². The molecule has 0 bridgehead atoms. The second-order valence-corrected chi connectivity index (χ2v) is 8.98. The van der Waals surface area contributed by atoms with Crippen LogP contribution >= 0.6 is 0 Å². The fourth-order valence-corrected chi connectivity index (χ4v) is 5.02. The lowest BCUT2D eigenvalue weighted by Gasteiger charge is -2.13. The Morgan fingerprint density at radius 2 is 1.56 bits per heavy atom. The van der Waals surface area contributed by atoms with E-state index < -0.39 is 30.7 Å². The minimum absolute atomic E-state index is 0.0882. The van der Waals surface area contributed by atoms with Crippen LogP contribution in [0.1, 0.15) is 11.1 Å². The molecule has 25 heavy (non-hydrogen) atoms. The highest BCUT2D eigenvalue weighted by atomic mass is 32.2. The van der Waals surface area contributed by atoms with Crippen molar-refractivity contribution in [3.05, 3.63) is 57.6 Å². The van der Waals surface area contributed by atoms with E-state index in [2.05, 4.69) is 0 Å². The van der Waals surface area contributed by atoms with Crippen molar-refractivity contribution in [2.24, 2.45) is 5.14 Å². The SMILES string of the molecule is Cc1cc(-c2ccccc2S(N)(=O)=O)cc(C)c1S(=O)(=O)C[N+](=O)[O-]. The van der Waals surface area contributed by atoms with Gasteiger partial charge in [-0.15, -0.1) is 0 Å². The number of hydrogen-bond donors (Lipinski definition) is 1. The van der Waals surface area contributed by atoms with Gasteiger partial charge in [-0.3, -0.25) is 10.1 Å². The summed E-state index contributed by atoms with van der Waals surface area (Å²) in [6.07, 6.45) is 0. The molecule has 2 aromatic rings. The van der Waals surface area contributed by atoms with Crippen LogP contribution in [0.4, 0.5) is 0 Å². The summed E-state index contributed by atoms with van der Waals surface area (Å²) in [5.74, 6) is -1.21. The summed E-state index contributed by atoms with van der Waals surface area (Å²) in [5, 5.41) is 15.8. The molecule has 0 radical (unpaired) electrons. The number of rotatable bonds is 5. The molecule has 8 nitrogen and oxygen atoms in total. The van der Waals surface area contributed by atoms with Crippen LogP contribution in [0.5, 0.6) is 0 Å². The van der Waals surface area contributed by atoms with Gasteiger partial charge in [0.2, 0.25) is 19.9 Å². The maximum atomic E-state index is 12.2. The van der Waals surface area contributed by atoms with E-state index in [1.165, 1.54) is 38.1 Å². The molecule has 0 aliphatic heterocycles. The van der Waals surface area contributed by atoms with E-state index in [4.69, 9.17) is 5.14 Å². The summed E-state index contributed by atoms with van der Waals surface area (Å²) < 4.78 is 47.9. The monoisotopic (exact) mass is 384 g/mol. The third-order valence-corrected chi connectivity index (χ3v) is 6.34. The van der Waals surface area contributed by atoms with Crippen LogP contribution in [0.3, 0.4) is 0 Å². The number of hydrogen-bond acceptors (Lipinski definition) is 6. The van der Waals surface area contributed by atoms with Gasteiger partial charge in [0.15, 0.2) is 0 Å². The molecule has 2 rings (SSSR count). The molecule has 0 atom stereocenters. The molecule has 0 saturated carbocycles. The van der Waals surface area contributed by atoms with E-state index in [9.17, 15) is 26.9 Å². The van der Waals surface area contributed by atoms with Crippen molar-refractivity contribution < 1.29 is 21.8 Å². The molecule has 0 aliphatic rings. The first-order valence-corrected chi connectivity index (χ1v) is 10.2. The molecule has 0 saturated heterocycles. The van der Waals surface area contributed by atoms with Crippen molar-refractivity contribution in [2.45, 2.75) is 23.6 Å². The molecule has 0 amide bonds. The van der Waals surface area contributed by atoms with Crippen molar-refractivity contribution in [1.29, 1.82) is 0 Å². The number of sulfone groups is 1. The van der Waals surface area contributed by atoms with Gasteiger partial charge in [-0.2, -0.15) is 0 Å². The Balaban J connectivity index is 2.70. The summed E-state index contributed by atoms with van der Waals surface area (Å²) in [7, 11) is -8.07. The number of nitro groups is 1. The molecular formula is C15H16N2O6S2. The third kappa shape index (κ3) is 4.03. The van der Waals surface area contributed by atoms with Gasteiger partial charge in [0.05, 0.1) is 9.79 Å². The molecular weight excluding hydrogens is 368 g/mol. The Morgan fingerprint density at radius 3 is 2.04 bits per heavy atom. The average molecular weight is 384 g/mol. The van der Waals surface area contributed by atoms with Crippen LogP contribution in [0.15, 0.2) is 46.2 Å². The quantitative estimate of drug-likeness (QED) is 0.614. The Bertz CT molecular complexity index is 1040. The van der Waals surface area contributed by atoms with Gasteiger partial charge < -0.3 is 0 Å². The predicted molar refractivity (Wildman–Crippen MR) is 91.8 cm³/mol. The summed E-state index contributed by atoms with van der Waals surface area (Å²) in [5.41, 5.74) is 1.37. The number of nitrogens with two attached hydrogens (primary N) is 1. The Hall–Kier alpha value is -2.30. The molecule has 0 heterocycles. The summed E-state index contributed by atoms with van der Waals surface area (Å²) >= 11 is 0. The lowest BCUT2D eigenvalue weighted by Crippen LogP contribution is -2.17. The van der Waals surface area contributed by atoms with Crippen LogP contribution in [-0.2, 0) is 19.9 Å². The van der Waals surface area contributed by atoms with E-state index in [1.54, 1.807) is 12.1 Å². The fraction of sp³-hybridized carbons (Fsp3) is 0.200. The molecule has 2 N–H and O–H groups in total. The Labute approximate surface area is 145 Å². The molecule has 10 heteroatoms. The van der Waals surface area contributed by atoms with E-state index in [-0.39, 0.29) is 9.79 Å². The smallest absolute Gasteiger partial charge is 0.263 e. The lowest BCUT2D eigenvalue weighted by atomic mass is 10.0. The first-order valence-electron chi connectivity index (χ1n) is 7.01. The highest BCUT2D eigenvalue weighted by Gasteiger charge is 2.26. The van der Waals surface area contributed by atoms with Gasteiger partial charge in [0, 0.05) is 10.5 Å². The number of aryl methyl sites for hydroxylation is 2. The van der Waals surface area contributed by atoms with Crippen molar-refractivity contribution >= 4 is 19.9 Å². The maximum Gasteiger partial charge on any atom is 0.305 e. The first-order chi connectivity index (χ1) is 11.4. The Morgan fingerprint density at radius 1 is 1.04 bits per heavy atom. The topological polar surface area (TPSA) is 137 Å². The Kier molecular flexibility index (Phi) is 4.98. The molecule has 0 fully saturated rings. The maximum absolute atomic E-state index is 12.2. The summed E-state index contributed by atoms with van der Waals surface area (Å²) in [4.78, 5) is 9.48. The summed E-state index contributed by atoms with van der Waals surface area (Å²) in [6, 6.07) is 9.02. The summed E-state index contributed by atoms with van der Waals surface area (Å²) in [6.45, 7) is 3.01. The number of sulfonamides is 1. The number of nitrogens with zero attached hydrogens (tertiary/aromatic N) is 1. The fourth-order valence-electron chi connectivity index (χ4n) is 2.75. The largest absolute Gasteiger partial charge is 0.305 e. The zero-order valence-electron chi connectivity index (χ0n) is 13.5.